The second-order valence-electron chi connectivity index (χ2n) is 9.69. The molecule has 0 radical (unpaired) electrons. The van der Waals surface area contributed by atoms with Crippen molar-refractivity contribution < 1.29 is 9.53 Å². The molecule has 1 heterocycles. The van der Waals surface area contributed by atoms with E-state index in [4.69, 9.17) is 16.3 Å². The number of hydrogen-bond acceptors (Lipinski definition) is 4. The summed E-state index contributed by atoms with van der Waals surface area (Å²) in [5.41, 5.74) is 2.47. The monoisotopic (exact) mass is 623 g/mol. The van der Waals surface area contributed by atoms with E-state index in [2.05, 4.69) is 41.6 Å². The van der Waals surface area contributed by atoms with Gasteiger partial charge in [-0.3, -0.25) is 0 Å². The summed E-state index contributed by atoms with van der Waals surface area (Å²) >= 11 is 8.25. The van der Waals surface area contributed by atoms with Gasteiger partial charge in [0.15, 0.2) is 5.75 Å². The summed E-state index contributed by atoms with van der Waals surface area (Å²) in [5, 5.41) is 6.34. The molecule has 0 saturated carbocycles. The lowest BCUT2D eigenvalue weighted by Gasteiger charge is -2.16. The molecule has 38 heavy (non-hydrogen) atoms. The van der Waals surface area contributed by atoms with Gasteiger partial charge in [0.2, 0.25) is 0 Å². The minimum atomic E-state index is -0.323. The van der Waals surface area contributed by atoms with Crippen LogP contribution in [0.5, 0.6) is 5.75 Å². The maximum absolute atomic E-state index is 12.8. The molecule has 0 atom stereocenters. The number of urea groups is 1. The van der Waals surface area contributed by atoms with Gasteiger partial charge in [-0.2, -0.15) is 0 Å². The molecular formula is C30H43BrClN3O2S. The Balaban J connectivity index is 0.00000507. The van der Waals surface area contributed by atoms with Crippen LogP contribution >= 0.6 is 40.3 Å². The average molecular weight is 625 g/mol. The van der Waals surface area contributed by atoms with Crippen molar-refractivity contribution in [1.29, 1.82) is 0 Å². The Bertz CT molecular complexity index is 1020. The highest BCUT2D eigenvalue weighted by atomic mass is 79.9. The van der Waals surface area contributed by atoms with Crippen LogP contribution in [0, 0.1) is 0 Å². The minimum Gasteiger partial charge on any atom is -0.490 e. The highest BCUT2D eigenvalue weighted by Gasteiger charge is 2.13. The van der Waals surface area contributed by atoms with Crippen molar-refractivity contribution in [2.75, 3.05) is 23.1 Å². The predicted molar refractivity (Wildman–Crippen MR) is 170 cm³/mol. The van der Waals surface area contributed by atoms with E-state index in [-0.39, 0.29) is 23.0 Å². The first-order chi connectivity index (χ1) is 18.0. The van der Waals surface area contributed by atoms with Gasteiger partial charge in [-0.25, -0.2) is 4.79 Å². The number of amides is 2. The molecule has 3 rings (SSSR count). The topological polar surface area (TPSA) is 53.6 Å². The number of allylic oxidation sites excluding steroid dienone is 1. The number of nitrogens with zero attached hydrogens (tertiary/aromatic N) is 1. The number of benzene rings is 2. The largest absolute Gasteiger partial charge is 0.490 e. The number of ether oxygens (including phenoxy) is 1. The molecule has 0 aromatic heterocycles. The van der Waals surface area contributed by atoms with Crippen molar-refractivity contribution >= 4 is 57.8 Å². The molecule has 1 aliphatic heterocycles. The van der Waals surface area contributed by atoms with Gasteiger partial charge in [-0.1, -0.05) is 94.5 Å². The number of carbonyl (C=O) groups is 1. The molecule has 8 heteroatoms. The van der Waals surface area contributed by atoms with E-state index in [0.29, 0.717) is 23.1 Å². The number of unbranched alkanes of at least 4 members (excludes halogenated alkanes) is 9. The zero-order chi connectivity index (χ0) is 26.3. The molecule has 0 fully saturated rings. The fraction of sp³-hybridized carbons (Fsp3) is 0.500. The Morgan fingerprint density at radius 3 is 2.34 bits per heavy atom. The third-order valence-corrected chi connectivity index (χ3v) is 7.67. The summed E-state index contributed by atoms with van der Waals surface area (Å²) in [6.07, 6.45) is 14.9. The van der Waals surface area contributed by atoms with Crippen LogP contribution in [-0.4, -0.2) is 23.4 Å². The van der Waals surface area contributed by atoms with Gasteiger partial charge in [0.05, 0.1) is 23.2 Å². The van der Waals surface area contributed by atoms with Crippen molar-refractivity contribution in [2.45, 2.75) is 84.6 Å². The average Bonchev–Trinajstić information content (AvgIpc) is 3.28. The van der Waals surface area contributed by atoms with Crippen LogP contribution < -0.4 is 15.4 Å². The first kappa shape index (κ1) is 32.4. The quantitative estimate of drug-likeness (QED) is 0.182. The molecule has 2 N–H and O–H groups in total. The Labute approximate surface area is 248 Å². The van der Waals surface area contributed by atoms with Gasteiger partial charge in [0.25, 0.3) is 0 Å². The predicted octanol–water partition coefficient (Wildman–Crippen LogP) is 10.2. The smallest absolute Gasteiger partial charge is 0.323 e. The van der Waals surface area contributed by atoms with E-state index in [1.54, 1.807) is 6.07 Å². The fourth-order valence-corrected chi connectivity index (χ4v) is 5.38. The summed E-state index contributed by atoms with van der Waals surface area (Å²) in [6.45, 7) is 5.78. The summed E-state index contributed by atoms with van der Waals surface area (Å²) in [6, 6.07) is 13.0. The van der Waals surface area contributed by atoms with E-state index >= 15 is 0 Å². The standard InChI is InChI=1S/C30H42ClN3O2S.BrH/c1-3-4-5-6-7-8-9-10-11-12-19-36-29-27(31)17-14-18-28(29)33-30(35)32-26-16-13-15-25(20-26)22-34-21-24(2)37-23-34;/h13-18,20-21H,3-12,19,22-23H2,1-2H3,(H2,32,33,35);1H. The summed E-state index contributed by atoms with van der Waals surface area (Å²) in [5.74, 6) is 1.48. The molecule has 0 unspecified atom stereocenters. The highest BCUT2D eigenvalue weighted by molar-refractivity contribution is 8.93. The second-order valence-corrected chi connectivity index (χ2v) is 11.3. The summed E-state index contributed by atoms with van der Waals surface area (Å²) in [7, 11) is 0. The number of nitrogens with one attached hydrogen (secondary N) is 2. The Kier molecular flexibility index (Phi) is 15.7. The molecule has 2 aromatic carbocycles. The summed E-state index contributed by atoms with van der Waals surface area (Å²) < 4.78 is 6.01. The van der Waals surface area contributed by atoms with E-state index in [0.717, 1.165) is 36.5 Å². The van der Waals surface area contributed by atoms with E-state index in [9.17, 15) is 4.79 Å². The number of anilines is 2. The summed E-state index contributed by atoms with van der Waals surface area (Å²) in [4.78, 5) is 16.3. The van der Waals surface area contributed by atoms with Crippen LogP contribution in [0.4, 0.5) is 16.2 Å². The Hall–Kier alpha value is -1.83. The number of thioether (sulfide) groups is 1. The lowest BCUT2D eigenvalue weighted by molar-refractivity contribution is 0.261. The van der Waals surface area contributed by atoms with Crippen LogP contribution in [0.2, 0.25) is 5.02 Å². The maximum Gasteiger partial charge on any atom is 0.323 e. The lowest BCUT2D eigenvalue weighted by atomic mass is 10.1. The first-order valence-corrected chi connectivity index (χ1v) is 15.0. The highest BCUT2D eigenvalue weighted by Crippen LogP contribution is 2.33. The van der Waals surface area contributed by atoms with Crippen molar-refractivity contribution in [1.82, 2.24) is 4.90 Å². The van der Waals surface area contributed by atoms with Gasteiger partial charge >= 0.3 is 6.03 Å². The lowest BCUT2D eigenvalue weighted by Crippen LogP contribution is -2.20. The molecule has 2 amide bonds. The zero-order valence-corrected chi connectivity index (χ0v) is 26.1. The van der Waals surface area contributed by atoms with Crippen LogP contribution in [0.25, 0.3) is 0 Å². The van der Waals surface area contributed by atoms with E-state index in [1.807, 2.05) is 42.1 Å². The third kappa shape index (κ3) is 11.9. The van der Waals surface area contributed by atoms with Gasteiger partial charge in [0, 0.05) is 18.4 Å². The number of hydrogen-bond donors (Lipinski definition) is 2. The van der Waals surface area contributed by atoms with Gasteiger partial charge < -0.3 is 20.3 Å². The molecular weight excluding hydrogens is 582 g/mol. The number of halogens is 2. The zero-order valence-electron chi connectivity index (χ0n) is 22.8. The van der Waals surface area contributed by atoms with E-state index in [1.165, 1.54) is 56.3 Å². The number of carbonyl (C=O) groups excluding carboxylic acids is 1. The van der Waals surface area contributed by atoms with Gasteiger partial charge in [-0.15, -0.1) is 28.7 Å². The SMILES string of the molecule is Br.CCCCCCCCCCCCOc1c(Cl)cccc1NC(=O)Nc1cccc(CN2C=C(C)SC2)c1. The molecule has 1 aliphatic rings. The van der Waals surface area contributed by atoms with Gasteiger partial charge in [-0.05, 0) is 48.1 Å². The van der Waals surface area contributed by atoms with Crippen molar-refractivity contribution in [3.05, 3.63) is 64.2 Å². The molecule has 5 nitrogen and oxygen atoms in total. The second kappa shape index (κ2) is 18.5. The molecule has 0 bridgehead atoms. The Morgan fingerprint density at radius 2 is 1.66 bits per heavy atom. The van der Waals surface area contributed by atoms with Crippen LogP contribution in [0.1, 0.15) is 83.6 Å². The van der Waals surface area contributed by atoms with Crippen LogP contribution in [-0.2, 0) is 6.54 Å². The first-order valence-electron chi connectivity index (χ1n) is 13.7. The van der Waals surface area contributed by atoms with Crippen LogP contribution in [0.15, 0.2) is 53.6 Å². The molecule has 0 aliphatic carbocycles. The fourth-order valence-electron chi connectivity index (χ4n) is 4.39. The normalized spacial score (nSPS) is 12.6. The molecule has 0 saturated heterocycles. The van der Waals surface area contributed by atoms with E-state index < -0.39 is 0 Å². The van der Waals surface area contributed by atoms with Crippen molar-refractivity contribution in [3.63, 3.8) is 0 Å². The third-order valence-electron chi connectivity index (χ3n) is 6.35. The molecule has 210 valence electrons. The molecule has 0 spiro atoms. The van der Waals surface area contributed by atoms with Crippen LogP contribution in [0.3, 0.4) is 0 Å². The number of para-hydroxylation sites is 1. The van der Waals surface area contributed by atoms with Crippen molar-refractivity contribution in [3.8, 4) is 5.75 Å². The van der Waals surface area contributed by atoms with Crippen molar-refractivity contribution in [2.24, 2.45) is 0 Å². The maximum atomic E-state index is 12.8. The molecule has 2 aromatic rings. The minimum absolute atomic E-state index is 0. The van der Waals surface area contributed by atoms with Gasteiger partial charge in [0.1, 0.15) is 0 Å². The number of rotatable bonds is 16. The Morgan fingerprint density at radius 1 is 0.974 bits per heavy atom.